The Kier molecular flexibility index (Phi) is 3.18. The van der Waals surface area contributed by atoms with E-state index in [0.717, 1.165) is 23.5 Å². The van der Waals surface area contributed by atoms with Gasteiger partial charge in [-0.1, -0.05) is 29.8 Å². The molecule has 0 aliphatic rings. The fourth-order valence-corrected chi connectivity index (χ4v) is 1.35. The third kappa shape index (κ3) is 3.19. The van der Waals surface area contributed by atoms with E-state index in [1.807, 2.05) is 19.1 Å². The van der Waals surface area contributed by atoms with E-state index in [1.54, 1.807) is 12.1 Å². The molecule has 0 aliphatic carbocycles. The van der Waals surface area contributed by atoms with Gasteiger partial charge in [0, 0.05) is 5.56 Å². The first-order valence-electron chi connectivity index (χ1n) is 5.09. The van der Waals surface area contributed by atoms with Crippen molar-refractivity contribution in [3.8, 4) is 17.1 Å². The van der Waals surface area contributed by atoms with Gasteiger partial charge in [0.15, 0.2) is 11.6 Å². The molecule has 0 spiro atoms. The Morgan fingerprint density at radius 3 is 2.06 bits per heavy atom. The number of benzene rings is 1. The normalized spacial score (nSPS) is 11.3. The molecule has 1 aromatic carbocycles. The van der Waals surface area contributed by atoms with Gasteiger partial charge in [0.2, 0.25) is 0 Å². The first kappa shape index (κ1) is 12.3. The zero-order valence-corrected chi connectivity index (χ0v) is 9.40. The summed E-state index contributed by atoms with van der Waals surface area (Å²) in [6.07, 6.45) is -2.74. The number of aromatic nitrogens is 2. The largest absolute Gasteiger partial charge is 0.573 e. The second-order valence-corrected chi connectivity index (χ2v) is 3.66. The van der Waals surface area contributed by atoms with Crippen LogP contribution in [-0.2, 0) is 0 Å². The Morgan fingerprint density at radius 1 is 1.00 bits per heavy atom. The molecule has 0 amide bonds. The average Bonchev–Trinajstić information content (AvgIpc) is 2.29. The summed E-state index contributed by atoms with van der Waals surface area (Å²) in [5.74, 6) is -0.0807. The van der Waals surface area contributed by atoms with Crippen LogP contribution in [0.2, 0.25) is 0 Å². The van der Waals surface area contributed by atoms with Crippen LogP contribution in [0.5, 0.6) is 5.75 Å². The van der Waals surface area contributed by atoms with Gasteiger partial charge in [-0.3, -0.25) is 0 Å². The summed E-state index contributed by atoms with van der Waals surface area (Å²) < 4.78 is 39.5. The minimum Gasteiger partial charge on any atom is -0.402 e. The fraction of sp³-hybridized carbons (Fsp3) is 0.167. The monoisotopic (exact) mass is 254 g/mol. The minimum atomic E-state index is -4.73. The molecule has 3 nitrogen and oxygen atoms in total. The number of rotatable bonds is 2. The van der Waals surface area contributed by atoms with Crippen LogP contribution in [0, 0.1) is 6.92 Å². The lowest BCUT2D eigenvalue weighted by molar-refractivity contribution is -0.274. The van der Waals surface area contributed by atoms with Gasteiger partial charge in [-0.05, 0) is 6.92 Å². The van der Waals surface area contributed by atoms with Crippen LogP contribution in [0.25, 0.3) is 11.4 Å². The number of halogens is 3. The predicted molar refractivity (Wildman–Crippen MR) is 58.9 cm³/mol. The molecular weight excluding hydrogens is 245 g/mol. The van der Waals surface area contributed by atoms with E-state index >= 15 is 0 Å². The van der Waals surface area contributed by atoms with E-state index in [0.29, 0.717) is 5.82 Å². The molecule has 0 fully saturated rings. The highest BCUT2D eigenvalue weighted by molar-refractivity contribution is 5.55. The number of aryl methyl sites for hydroxylation is 1. The molecule has 0 bridgehead atoms. The highest BCUT2D eigenvalue weighted by Gasteiger charge is 2.31. The van der Waals surface area contributed by atoms with Crippen LogP contribution in [0.3, 0.4) is 0 Å². The molecule has 1 aromatic heterocycles. The van der Waals surface area contributed by atoms with Crippen LogP contribution in [0.15, 0.2) is 36.7 Å². The SMILES string of the molecule is Cc1ccc(-c2ncc(OC(F)(F)F)cn2)cc1. The van der Waals surface area contributed by atoms with E-state index in [1.165, 1.54) is 0 Å². The summed E-state index contributed by atoms with van der Waals surface area (Å²) in [4.78, 5) is 7.65. The fourth-order valence-electron chi connectivity index (χ4n) is 1.35. The number of nitrogens with zero attached hydrogens (tertiary/aromatic N) is 2. The van der Waals surface area contributed by atoms with Crippen molar-refractivity contribution in [1.29, 1.82) is 0 Å². The number of hydrogen-bond donors (Lipinski definition) is 0. The highest BCUT2D eigenvalue weighted by Crippen LogP contribution is 2.22. The Hall–Kier alpha value is -2.11. The van der Waals surface area contributed by atoms with E-state index in [2.05, 4.69) is 14.7 Å². The molecule has 2 rings (SSSR count). The first-order valence-corrected chi connectivity index (χ1v) is 5.09. The number of ether oxygens (including phenoxy) is 1. The van der Waals surface area contributed by atoms with Gasteiger partial charge in [-0.2, -0.15) is 0 Å². The third-order valence-corrected chi connectivity index (χ3v) is 2.17. The van der Waals surface area contributed by atoms with Crippen LogP contribution < -0.4 is 4.74 Å². The van der Waals surface area contributed by atoms with E-state index in [-0.39, 0.29) is 0 Å². The average molecular weight is 254 g/mol. The second-order valence-electron chi connectivity index (χ2n) is 3.66. The predicted octanol–water partition coefficient (Wildman–Crippen LogP) is 3.35. The van der Waals surface area contributed by atoms with E-state index in [4.69, 9.17) is 0 Å². The third-order valence-electron chi connectivity index (χ3n) is 2.17. The Labute approximate surface area is 101 Å². The van der Waals surface area contributed by atoms with Gasteiger partial charge in [0.25, 0.3) is 0 Å². The number of hydrogen-bond acceptors (Lipinski definition) is 3. The molecule has 6 heteroatoms. The summed E-state index contributed by atoms with van der Waals surface area (Å²) in [5, 5.41) is 0. The summed E-state index contributed by atoms with van der Waals surface area (Å²) >= 11 is 0. The Balaban J connectivity index is 2.20. The number of alkyl halides is 3. The smallest absolute Gasteiger partial charge is 0.402 e. The summed E-state index contributed by atoms with van der Waals surface area (Å²) in [5.41, 5.74) is 1.81. The van der Waals surface area contributed by atoms with Crippen molar-refractivity contribution in [3.63, 3.8) is 0 Å². The lowest BCUT2D eigenvalue weighted by atomic mass is 10.1. The van der Waals surface area contributed by atoms with Crippen molar-refractivity contribution in [2.24, 2.45) is 0 Å². The standard InChI is InChI=1S/C12H9F3N2O/c1-8-2-4-9(5-3-8)11-16-6-10(7-17-11)18-12(13,14)15/h2-7H,1H3. The van der Waals surface area contributed by atoms with Gasteiger partial charge < -0.3 is 4.74 Å². The molecule has 2 aromatic rings. The van der Waals surface area contributed by atoms with E-state index < -0.39 is 12.1 Å². The van der Waals surface area contributed by atoms with Gasteiger partial charge in [0.1, 0.15) is 0 Å². The highest BCUT2D eigenvalue weighted by atomic mass is 19.4. The molecule has 0 N–H and O–H groups in total. The Bertz CT molecular complexity index is 521. The van der Waals surface area contributed by atoms with Gasteiger partial charge in [-0.25, -0.2) is 9.97 Å². The molecule has 0 saturated carbocycles. The van der Waals surface area contributed by atoms with Gasteiger partial charge >= 0.3 is 6.36 Å². The maximum Gasteiger partial charge on any atom is 0.573 e. The summed E-state index contributed by atoms with van der Waals surface area (Å²) in [7, 11) is 0. The maximum atomic E-state index is 11.9. The molecule has 94 valence electrons. The van der Waals surface area contributed by atoms with Crippen molar-refractivity contribution >= 4 is 0 Å². The molecular formula is C12H9F3N2O. The molecule has 0 radical (unpaired) electrons. The lowest BCUT2D eigenvalue weighted by Gasteiger charge is -2.08. The van der Waals surface area contributed by atoms with Crippen molar-refractivity contribution in [2.75, 3.05) is 0 Å². The zero-order chi connectivity index (χ0) is 13.2. The van der Waals surface area contributed by atoms with Crippen molar-refractivity contribution < 1.29 is 17.9 Å². The molecule has 18 heavy (non-hydrogen) atoms. The lowest BCUT2D eigenvalue weighted by Crippen LogP contribution is -2.17. The molecule has 1 heterocycles. The van der Waals surface area contributed by atoms with Crippen molar-refractivity contribution in [2.45, 2.75) is 13.3 Å². The quantitative estimate of drug-likeness (QED) is 0.824. The van der Waals surface area contributed by atoms with Crippen molar-refractivity contribution in [3.05, 3.63) is 42.2 Å². The van der Waals surface area contributed by atoms with Crippen LogP contribution in [-0.4, -0.2) is 16.3 Å². The minimum absolute atomic E-state index is 0.351. The van der Waals surface area contributed by atoms with E-state index in [9.17, 15) is 13.2 Å². The molecule has 0 atom stereocenters. The first-order chi connectivity index (χ1) is 8.44. The van der Waals surface area contributed by atoms with Crippen LogP contribution in [0.1, 0.15) is 5.56 Å². The maximum absolute atomic E-state index is 11.9. The van der Waals surface area contributed by atoms with Gasteiger partial charge in [-0.15, -0.1) is 13.2 Å². The molecule has 0 aliphatic heterocycles. The van der Waals surface area contributed by atoms with Crippen molar-refractivity contribution in [1.82, 2.24) is 9.97 Å². The Morgan fingerprint density at radius 2 is 1.56 bits per heavy atom. The van der Waals surface area contributed by atoms with Gasteiger partial charge in [0.05, 0.1) is 12.4 Å². The van der Waals surface area contributed by atoms with Crippen LogP contribution in [0.4, 0.5) is 13.2 Å². The zero-order valence-electron chi connectivity index (χ0n) is 9.40. The molecule has 0 unspecified atom stereocenters. The topological polar surface area (TPSA) is 35.0 Å². The van der Waals surface area contributed by atoms with Crippen LogP contribution >= 0.6 is 0 Å². The second kappa shape index (κ2) is 4.64. The summed E-state index contributed by atoms with van der Waals surface area (Å²) in [6, 6.07) is 7.35. The molecule has 0 saturated heterocycles. The summed E-state index contributed by atoms with van der Waals surface area (Å²) in [6.45, 7) is 1.94.